The summed E-state index contributed by atoms with van der Waals surface area (Å²) in [5.74, 6) is 0.886. The van der Waals surface area contributed by atoms with Gasteiger partial charge in [0.2, 0.25) is 0 Å². The molecule has 0 saturated carbocycles. The maximum atomic E-state index is 5.32. The van der Waals surface area contributed by atoms with E-state index < -0.39 is 0 Å². The zero-order chi connectivity index (χ0) is 14.1. The molecule has 0 fully saturated rings. The lowest BCUT2D eigenvalue weighted by atomic mass is 10.2. The van der Waals surface area contributed by atoms with Crippen LogP contribution in [0.3, 0.4) is 0 Å². The molecule has 0 aliphatic rings. The number of methoxy groups -OCH3 is 1. The first-order valence-corrected chi connectivity index (χ1v) is 7.35. The van der Waals surface area contributed by atoms with E-state index >= 15 is 0 Å². The van der Waals surface area contributed by atoms with Gasteiger partial charge >= 0.3 is 0 Å². The van der Waals surface area contributed by atoms with Gasteiger partial charge in [-0.1, -0.05) is 34.1 Å². The molecule has 102 valence electrons. The summed E-state index contributed by atoms with van der Waals surface area (Å²) in [4.78, 5) is 0. The number of para-hydroxylation sites is 1. The molecule has 2 nitrogen and oxygen atoms in total. The normalized spacial score (nSPS) is 10.9. The van der Waals surface area contributed by atoms with Crippen molar-refractivity contribution in [2.75, 3.05) is 7.11 Å². The summed E-state index contributed by atoms with van der Waals surface area (Å²) in [6.45, 7) is 2.98. The second-order valence-corrected chi connectivity index (χ2v) is 5.74. The van der Waals surface area contributed by atoms with Crippen molar-refractivity contribution in [1.29, 1.82) is 0 Å². The zero-order valence-electron chi connectivity index (χ0n) is 11.6. The number of hydrogen-bond acceptors (Lipinski definition) is 1. The van der Waals surface area contributed by atoms with Gasteiger partial charge in [0.25, 0.3) is 0 Å². The summed E-state index contributed by atoms with van der Waals surface area (Å²) in [5, 5.41) is 1.28. The van der Waals surface area contributed by atoms with Crippen LogP contribution >= 0.6 is 15.9 Å². The fraction of sp³-hybridized carbons (Fsp3) is 0.176. The minimum absolute atomic E-state index is 0.830. The van der Waals surface area contributed by atoms with Crippen molar-refractivity contribution in [2.24, 2.45) is 0 Å². The Morgan fingerprint density at radius 1 is 1.10 bits per heavy atom. The van der Waals surface area contributed by atoms with E-state index in [1.54, 1.807) is 7.11 Å². The lowest BCUT2D eigenvalue weighted by Crippen LogP contribution is -2.02. The summed E-state index contributed by atoms with van der Waals surface area (Å²) in [5.41, 5.74) is 3.74. The van der Waals surface area contributed by atoms with Gasteiger partial charge in [-0.25, -0.2) is 0 Å². The number of aryl methyl sites for hydroxylation is 1. The fourth-order valence-corrected chi connectivity index (χ4v) is 2.90. The minimum atomic E-state index is 0.830. The van der Waals surface area contributed by atoms with Crippen LogP contribution in [0.25, 0.3) is 10.9 Å². The molecule has 2 aromatic carbocycles. The van der Waals surface area contributed by atoms with Crippen LogP contribution < -0.4 is 4.74 Å². The third-order valence-electron chi connectivity index (χ3n) is 3.60. The molecular weight excluding hydrogens is 314 g/mol. The van der Waals surface area contributed by atoms with Gasteiger partial charge < -0.3 is 9.30 Å². The smallest absolute Gasteiger partial charge is 0.119 e. The average Bonchev–Trinajstić information content (AvgIpc) is 2.77. The summed E-state index contributed by atoms with van der Waals surface area (Å²) in [7, 11) is 1.70. The van der Waals surface area contributed by atoms with Gasteiger partial charge in [-0.3, -0.25) is 0 Å². The summed E-state index contributed by atoms with van der Waals surface area (Å²) < 4.78 is 8.75. The van der Waals surface area contributed by atoms with Gasteiger partial charge in [-0.2, -0.15) is 0 Å². The van der Waals surface area contributed by atoms with Crippen LogP contribution in [0.15, 0.2) is 53.0 Å². The molecule has 1 aromatic heterocycles. The predicted molar refractivity (Wildman–Crippen MR) is 86.5 cm³/mol. The Morgan fingerprint density at radius 2 is 1.90 bits per heavy atom. The van der Waals surface area contributed by atoms with Gasteiger partial charge in [0.1, 0.15) is 5.75 Å². The Kier molecular flexibility index (Phi) is 3.53. The number of ether oxygens (including phenoxy) is 1. The Morgan fingerprint density at radius 3 is 2.70 bits per heavy atom. The maximum absolute atomic E-state index is 5.32. The molecule has 0 N–H and O–H groups in total. The second-order valence-electron chi connectivity index (χ2n) is 4.89. The monoisotopic (exact) mass is 329 g/mol. The van der Waals surface area contributed by atoms with Gasteiger partial charge in [0.15, 0.2) is 0 Å². The molecule has 0 amide bonds. The summed E-state index contributed by atoms with van der Waals surface area (Å²) in [6, 6.07) is 16.8. The van der Waals surface area contributed by atoms with Crippen LogP contribution in [0.1, 0.15) is 11.3 Å². The molecule has 3 heteroatoms. The SMILES string of the molecule is COc1ccc(Br)c(Cn2c(C)cc3ccccc32)c1. The molecule has 0 spiro atoms. The quantitative estimate of drug-likeness (QED) is 0.675. The van der Waals surface area contributed by atoms with E-state index in [1.807, 2.05) is 12.1 Å². The Bertz CT molecular complexity index is 761. The third-order valence-corrected chi connectivity index (χ3v) is 4.37. The molecular formula is C17H16BrNO. The van der Waals surface area contributed by atoms with Crippen molar-refractivity contribution < 1.29 is 4.74 Å². The van der Waals surface area contributed by atoms with E-state index in [0.717, 1.165) is 16.8 Å². The molecule has 0 saturated heterocycles. The molecule has 0 unspecified atom stereocenters. The van der Waals surface area contributed by atoms with E-state index in [2.05, 4.69) is 63.8 Å². The van der Waals surface area contributed by atoms with Crippen LogP contribution in [0.5, 0.6) is 5.75 Å². The number of nitrogens with zero attached hydrogens (tertiary/aromatic N) is 1. The first-order valence-electron chi connectivity index (χ1n) is 6.56. The molecule has 0 radical (unpaired) electrons. The van der Waals surface area contributed by atoms with Crippen LogP contribution in [-0.2, 0) is 6.54 Å². The topological polar surface area (TPSA) is 14.2 Å². The minimum Gasteiger partial charge on any atom is -0.497 e. The van der Waals surface area contributed by atoms with Crippen molar-refractivity contribution >= 4 is 26.8 Å². The number of hydrogen-bond donors (Lipinski definition) is 0. The van der Waals surface area contributed by atoms with Crippen molar-refractivity contribution in [1.82, 2.24) is 4.57 Å². The third kappa shape index (κ3) is 2.34. The molecule has 0 atom stereocenters. The first-order chi connectivity index (χ1) is 9.69. The lowest BCUT2D eigenvalue weighted by Gasteiger charge is -2.11. The summed E-state index contributed by atoms with van der Waals surface area (Å²) in [6.07, 6.45) is 0. The van der Waals surface area contributed by atoms with Gasteiger partial charge in [-0.15, -0.1) is 0 Å². The maximum Gasteiger partial charge on any atom is 0.119 e. The zero-order valence-corrected chi connectivity index (χ0v) is 13.1. The van der Waals surface area contributed by atoms with Crippen LogP contribution in [0, 0.1) is 6.92 Å². The average molecular weight is 330 g/mol. The van der Waals surface area contributed by atoms with Crippen molar-refractivity contribution in [3.63, 3.8) is 0 Å². The van der Waals surface area contributed by atoms with Gasteiger partial charge in [0, 0.05) is 22.2 Å². The predicted octanol–water partition coefficient (Wildman–Crippen LogP) is 4.77. The van der Waals surface area contributed by atoms with E-state index in [4.69, 9.17) is 4.74 Å². The molecule has 20 heavy (non-hydrogen) atoms. The highest BCUT2D eigenvalue weighted by atomic mass is 79.9. The molecule has 3 rings (SSSR count). The first kappa shape index (κ1) is 13.3. The molecule has 1 heterocycles. The van der Waals surface area contributed by atoms with Crippen LogP contribution in [-0.4, -0.2) is 11.7 Å². The van der Waals surface area contributed by atoms with E-state index in [-0.39, 0.29) is 0 Å². The highest BCUT2D eigenvalue weighted by Gasteiger charge is 2.08. The van der Waals surface area contributed by atoms with Gasteiger partial charge in [-0.05, 0) is 48.2 Å². The van der Waals surface area contributed by atoms with E-state index in [1.165, 1.54) is 22.2 Å². The lowest BCUT2D eigenvalue weighted by molar-refractivity contribution is 0.414. The van der Waals surface area contributed by atoms with Gasteiger partial charge in [0.05, 0.1) is 7.11 Å². The van der Waals surface area contributed by atoms with Crippen molar-refractivity contribution in [2.45, 2.75) is 13.5 Å². The fourth-order valence-electron chi connectivity index (χ4n) is 2.53. The molecule has 0 aliphatic heterocycles. The highest BCUT2D eigenvalue weighted by Crippen LogP contribution is 2.26. The number of rotatable bonds is 3. The van der Waals surface area contributed by atoms with Crippen LogP contribution in [0.4, 0.5) is 0 Å². The Balaban J connectivity index is 2.07. The molecule has 0 aliphatic carbocycles. The van der Waals surface area contributed by atoms with Crippen LogP contribution in [0.2, 0.25) is 0 Å². The molecule has 3 aromatic rings. The number of benzene rings is 2. The number of fused-ring (bicyclic) bond motifs is 1. The van der Waals surface area contributed by atoms with Crippen molar-refractivity contribution in [3.05, 3.63) is 64.3 Å². The van der Waals surface area contributed by atoms with Crippen molar-refractivity contribution in [3.8, 4) is 5.75 Å². The number of aromatic nitrogens is 1. The standard InChI is InChI=1S/C17H16BrNO/c1-12-9-13-5-3-4-6-17(13)19(12)11-14-10-15(20-2)7-8-16(14)18/h3-10H,11H2,1-2H3. The second kappa shape index (κ2) is 5.33. The summed E-state index contributed by atoms with van der Waals surface area (Å²) >= 11 is 3.63. The van der Waals surface area contributed by atoms with E-state index in [9.17, 15) is 0 Å². The Hall–Kier alpha value is -1.74. The highest BCUT2D eigenvalue weighted by molar-refractivity contribution is 9.10. The Labute approximate surface area is 127 Å². The number of halogens is 1. The largest absolute Gasteiger partial charge is 0.497 e. The van der Waals surface area contributed by atoms with E-state index in [0.29, 0.717) is 0 Å². The molecule has 0 bridgehead atoms.